The highest BCUT2D eigenvalue weighted by Crippen LogP contribution is 2.32. The number of aliphatic hydroxyl groups excluding tert-OH is 11. The Balaban J connectivity index is 1.43. The van der Waals surface area contributed by atoms with Crippen molar-refractivity contribution in [3.8, 4) is 0 Å². The Kier molecular flexibility index (Phi) is 10.7. The lowest BCUT2D eigenvalue weighted by atomic mass is 9.98. The van der Waals surface area contributed by atoms with Gasteiger partial charge in [0.05, 0.1) is 25.9 Å². The first kappa shape index (κ1) is 32.2. The standard InChI is InChI=1S/C22H38O18/c1-5-17(13(29)16(32)20(36-5)38-8-4-34-19(33)14(30)11(8)27)39-22-18(9(25)6(24)3-35-22)40-21-15(31)12(28)10(26)7(2-23)37-21/h5-33H,2-4H2,1H3/t5-,6+,7+,8+,9-,10+,11-,12-,13-,14+,15+,16+,17-,18+,19?,20-,21-,22-/m0/s1. The second kappa shape index (κ2) is 13.3. The summed E-state index contributed by atoms with van der Waals surface area (Å²) in [5.74, 6) is 0. The monoisotopic (exact) mass is 590 g/mol. The van der Waals surface area contributed by atoms with E-state index in [1.165, 1.54) is 6.92 Å². The van der Waals surface area contributed by atoms with Crippen LogP contribution in [-0.2, 0) is 33.2 Å². The number of aliphatic hydroxyl groups is 11. The maximum absolute atomic E-state index is 10.8. The molecule has 4 fully saturated rings. The van der Waals surface area contributed by atoms with E-state index in [4.69, 9.17) is 33.2 Å². The Labute approximate surface area is 227 Å². The average Bonchev–Trinajstić information content (AvgIpc) is 2.93. The van der Waals surface area contributed by atoms with Gasteiger partial charge in [0.1, 0.15) is 79.4 Å². The van der Waals surface area contributed by atoms with E-state index in [2.05, 4.69) is 0 Å². The van der Waals surface area contributed by atoms with Crippen molar-refractivity contribution in [2.45, 2.75) is 118 Å². The molecule has 0 aromatic rings. The van der Waals surface area contributed by atoms with Crippen LogP contribution in [0, 0.1) is 0 Å². The van der Waals surface area contributed by atoms with Crippen molar-refractivity contribution in [1.82, 2.24) is 0 Å². The lowest BCUT2D eigenvalue weighted by Crippen LogP contribution is -2.65. The van der Waals surface area contributed by atoms with Gasteiger partial charge in [0.15, 0.2) is 25.2 Å². The molecule has 0 aromatic heterocycles. The highest BCUT2D eigenvalue weighted by atomic mass is 16.8. The molecular weight excluding hydrogens is 552 g/mol. The second-order valence-corrected chi connectivity index (χ2v) is 10.2. The predicted molar refractivity (Wildman–Crippen MR) is 120 cm³/mol. The van der Waals surface area contributed by atoms with Crippen LogP contribution in [0.25, 0.3) is 0 Å². The van der Waals surface area contributed by atoms with Gasteiger partial charge in [-0.15, -0.1) is 0 Å². The van der Waals surface area contributed by atoms with Crippen molar-refractivity contribution in [1.29, 1.82) is 0 Å². The summed E-state index contributed by atoms with van der Waals surface area (Å²) in [5, 5.41) is 111. The van der Waals surface area contributed by atoms with E-state index in [-0.39, 0.29) is 6.61 Å². The molecule has 4 rings (SSSR count). The van der Waals surface area contributed by atoms with E-state index in [1.54, 1.807) is 0 Å². The van der Waals surface area contributed by atoms with Crippen LogP contribution in [0.15, 0.2) is 0 Å². The minimum absolute atomic E-state index is 0.358. The highest BCUT2D eigenvalue weighted by molar-refractivity contribution is 4.94. The Bertz CT molecular complexity index is 806. The van der Waals surface area contributed by atoms with Crippen LogP contribution in [0.3, 0.4) is 0 Å². The first-order valence-electron chi connectivity index (χ1n) is 12.8. The number of ether oxygens (including phenoxy) is 7. The molecule has 0 aromatic carbocycles. The highest BCUT2D eigenvalue weighted by Gasteiger charge is 2.52. The molecule has 18 heteroatoms. The van der Waals surface area contributed by atoms with Gasteiger partial charge < -0.3 is 89.3 Å². The Morgan fingerprint density at radius 3 is 1.88 bits per heavy atom. The number of hydrogen-bond donors (Lipinski definition) is 11. The van der Waals surface area contributed by atoms with Gasteiger partial charge >= 0.3 is 0 Å². The number of rotatable bonds is 7. The van der Waals surface area contributed by atoms with Crippen molar-refractivity contribution in [3.05, 3.63) is 0 Å². The van der Waals surface area contributed by atoms with Gasteiger partial charge in [0.2, 0.25) is 0 Å². The van der Waals surface area contributed by atoms with Crippen molar-refractivity contribution >= 4 is 0 Å². The van der Waals surface area contributed by atoms with Crippen molar-refractivity contribution in [2.24, 2.45) is 0 Å². The fraction of sp³-hybridized carbons (Fsp3) is 1.00. The smallest absolute Gasteiger partial charge is 0.187 e. The fourth-order valence-corrected chi connectivity index (χ4v) is 4.90. The van der Waals surface area contributed by atoms with Gasteiger partial charge in [-0.2, -0.15) is 0 Å². The molecule has 0 spiro atoms. The van der Waals surface area contributed by atoms with E-state index < -0.39 is 124 Å². The van der Waals surface area contributed by atoms with Crippen LogP contribution in [-0.4, -0.2) is 187 Å². The number of hydrogen-bond acceptors (Lipinski definition) is 18. The summed E-state index contributed by atoms with van der Waals surface area (Å²) in [4.78, 5) is 0. The predicted octanol–water partition coefficient (Wildman–Crippen LogP) is -7.44. The van der Waals surface area contributed by atoms with Crippen LogP contribution in [0.1, 0.15) is 6.92 Å². The second-order valence-electron chi connectivity index (χ2n) is 10.2. The topological polar surface area (TPSA) is 287 Å². The van der Waals surface area contributed by atoms with E-state index in [1.807, 2.05) is 0 Å². The molecule has 0 amide bonds. The molecule has 0 radical (unpaired) electrons. The first-order chi connectivity index (χ1) is 18.8. The summed E-state index contributed by atoms with van der Waals surface area (Å²) >= 11 is 0. The molecular formula is C22H38O18. The van der Waals surface area contributed by atoms with E-state index in [9.17, 15) is 56.2 Å². The molecule has 4 heterocycles. The quantitative estimate of drug-likeness (QED) is 0.131. The minimum atomic E-state index is -1.84. The van der Waals surface area contributed by atoms with Crippen LogP contribution >= 0.6 is 0 Å². The summed E-state index contributed by atoms with van der Waals surface area (Å²) in [6.07, 6.45) is -28.3. The van der Waals surface area contributed by atoms with Gasteiger partial charge in [0.25, 0.3) is 0 Å². The molecule has 0 aliphatic carbocycles. The lowest BCUT2D eigenvalue weighted by Gasteiger charge is -2.47. The van der Waals surface area contributed by atoms with E-state index in [0.29, 0.717) is 0 Å². The summed E-state index contributed by atoms with van der Waals surface area (Å²) in [6.45, 7) is -0.112. The summed E-state index contributed by atoms with van der Waals surface area (Å²) in [7, 11) is 0. The average molecular weight is 591 g/mol. The fourth-order valence-electron chi connectivity index (χ4n) is 4.90. The summed E-state index contributed by atoms with van der Waals surface area (Å²) < 4.78 is 38.1. The SMILES string of the molecule is C[C@@H]1O[C@@H](O[C@@H]2COC(O)[C@H](O)[C@H]2O)[C@H](O)[C@H](O)[C@H]1O[C@@H]1OC[C@@H](O)[C@H](O)[C@H]1O[C@@H]1O[C@H](CO)[C@@H](O)[C@H](O)[C@H]1O. The maximum Gasteiger partial charge on any atom is 0.187 e. The molecule has 4 saturated heterocycles. The molecule has 4 aliphatic heterocycles. The van der Waals surface area contributed by atoms with Gasteiger partial charge in [-0.05, 0) is 6.92 Å². The van der Waals surface area contributed by atoms with Crippen LogP contribution in [0.2, 0.25) is 0 Å². The normalized spacial score (nSPS) is 54.3. The zero-order valence-electron chi connectivity index (χ0n) is 21.3. The molecule has 40 heavy (non-hydrogen) atoms. The van der Waals surface area contributed by atoms with E-state index >= 15 is 0 Å². The zero-order valence-corrected chi connectivity index (χ0v) is 21.3. The molecule has 0 bridgehead atoms. The zero-order chi connectivity index (χ0) is 29.5. The van der Waals surface area contributed by atoms with Crippen LogP contribution < -0.4 is 0 Å². The van der Waals surface area contributed by atoms with Gasteiger partial charge in [-0.3, -0.25) is 0 Å². The minimum Gasteiger partial charge on any atom is -0.394 e. The van der Waals surface area contributed by atoms with Gasteiger partial charge in [0, 0.05) is 0 Å². The third-order valence-electron chi connectivity index (χ3n) is 7.40. The van der Waals surface area contributed by atoms with Gasteiger partial charge in [-0.25, -0.2) is 0 Å². The summed E-state index contributed by atoms with van der Waals surface area (Å²) in [6, 6.07) is 0. The van der Waals surface area contributed by atoms with Crippen molar-refractivity contribution in [3.63, 3.8) is 0 Å². The molecule has 234 valence electrons. The molecule has 4 aliphatic rings. The largest absolute Gasteiger partial charge is 0.394 e. The van der Waals surface area contributed by atoms with Crippen molar-refractivity contribution < 1.29 is 89.3 Å². The van der Waals surface area contributed by atoms with Gasteiger partial charge in [-0.1, -0.05) is 0 Å². The van der Waals surface area contributed by atoms with Crippen LogP contribution in [0.4, 0.5) is 0 Å². The van der Waals surface area contributed by atoms with Crippen LogP contribution in [0.5, 0.6) is 0 Å². The van der Waals surface area contributed by atoms with E-state index in [0.717, 1.165) is 0 Å². The lowest BCUT2D eigenvalue weighted by molar-refractivity contribution is -0.381. The molecule has 11 N–H and O–H groups in total. The molecule has 18 nitrogen and oxygen atoms in total. The Morgan fingerprint density at radius 1 is 0.575 bits per heavy atom. The Morgan fingerprint density at radius 2 is 1.20 bits per heavy atom. The Hall–Kier alpha value is -0.720. The molecule has 1 unspecified atom stereocenters. The first-order valence-corrected chi connectivity index (χ1v) is 12.8. The van der Waals surface area contributed by atoms with Crippen molar-refractivity contribution in [2.75, 3.05) is 19.8 Å². The molecule has 18 atom stereocenters. The maximum atomic E-state index is 10.8. The third-order valence-corrected chi connectivity index (χ3v) is 7.40. The summed E-state index contributed by atoms with van der Waals surface area (Å²) in [5.41, 5.74) is 0. The molecule has 0 saturated carbocycles. The third kappa shape index (κ3) is 6.44.